The number of benzene rings is 4. The largest absolute Gasteiger partial charge is 0.475 e. The minimum absolute atomic E-state index is 0.385. The van der Waals surface area contributed by atoms with Gasteiger partial charge in [0.1, 0.15) is 0 Å². The first kappa shape index (κ1) is 14.3. The highest BCUT2D eigenvalue weighted by molar-refractivity contribution is 6.38. The number of rotatable bonds is 4. The maximum absolute atomic E-state index is 12.4. The van der Waals surface area contributed by atoms with Gasteiger partial charge in [-0.1, -0.05) is 54.6 Å². The summed E-state index contributed by atoms with van der Waals surface area (Å²) in [5, 5.41) is 14.7. The Morgan fingerprint density at radius 2 is 1.33 bits per heavy atom. The summed E-state index contributed by atoms with van der Waals surface area (Å²) in [5.74, 6) is -3.15. The van der Waals surface area contributed by atoms with Crippen LogP contribution in [0.5, 0.6) is 0 Å². The third-order valence-electron chi connectivity index (χ3n) is 4.39. The van der Waals surface area contributed by atoms with Gasteiger partial charge in [0.15, 0.2) is 5.78 Å². The van der Waals surface area contributed by atoms with Crippen molar-refractivity contribution in [2.24, 2.45) is 0 Å². The molecule has 0 aliphatic rings. The summed E-state index contributed by atoms with van der Waals surface area (Å²) in [6.45, 7) is 0. The van der Waals surface area contributed by atoms with Gasteiger partial charge < -0.3 is 5.11 Å². The highest BCUT2D eigenvalue weighted by atomic mass is 16.4. The van der Waals surface area contributed by atoms with Crippen molar-refractivity contribution in [1.82, 2.24) is 0 Å². The van der Waals surface area contributed by atoms with Gasteiger partial charge in [0.05, 0.1) is 6.42 Å². The first-order valence-corrected chi connectivity index (χ1v) is 7.52. The van der Waals surface area contributed by atoms with Gasteiger partial charge in [-0.15, -0.1) is 0 Å². The second-order valence-corrected chi connectivity index (χ2v) is 5.80. The van der Waals surface area contributed by atoms with Crippen molar-refractivity contribution in [3.05, 3.63) is 60.2 Å². The normalized spacial score (nSPS) is 11.3. The fraction of sp³-hybridized carbons (Fsp3) is 0.0500. The average molecular weight is 316 g/mol. The van der Waals surface area contributed by atoms with E-state index >= 15 is 0 Å². The molecule has 0 bridgehead atoms. The van der Waals surface area contributed by atoms with Gasteiger partial charge in [-0.3, -0.25) is 9.59 Å². The van der Waals surface area contributed by atoms with E-state index in [0.717, 1.165) is 32.3 Å². The molecule has 4 nitrogen and oxygen atoms in total. The van der Waals surface area contributed by atoms with Crippen LogP contribution in [0, 0.1) is 0 Å². The molecule has 1 N–H and O–H groups in total. The second-order valence-electron chi connectivity index (χ2n) is 5.80. The van der Waals surface area contributed by atoms with Crippen molar-refractivity contribution in [2.75, 3.05) is 0 Å². The molecule has 0 aromatic heterocycles. The van der Waals surface area contributed by atoms with E-state index in [1.807, 2.05) is 48.5 Å². The summed E-state index contributed by atoms with van der Waals surface area (Å²) in [7, 11) is 0. The maximum Gasteiger partial charge on any atom is 0.372 e. The van der Waals surface area contributed by atoms with Gasteiger partial charge >= 0.3 is 5.97 Å². The molecule has 0 amide bonds. The van der Waals surface area contributed by atoms with E-state index in [1.165, 1.54) is 0 Å². The van der Waals surface area contributed by atoms with Gasteiger partial charge in [0.2, 0.25) is 5.78 Å². The van der Waals surface area contributed by atoms with Gasteiger partial charge in [-0.05, 0) is 32.3 Å². The third-order valence-corrected chi connectivity index (χ3v) is 4.39. The van der Waals surface area contributed by atoms with Crippen LogP contribution in [0.3, 0.4) is 0 Å². The lowest BCUT2D eigenvalue weighted by molar-refractivity contribution is -0.148. The zero-order chi connectivity index (χ0) is 16.8. The van der Waals surface area contributed by atoms with Gasteiger partial charge in [-0.25, -0.2) is 4.79 Å². The smallest absolute Gasteiger partial charge is 0.372 e. The molecule has 0 saturated heterocycles. The fourth-order valence-corrected chi connectivity index (χ4v) is 3.30. The number of carbonyl (C=O) groups excluding carboxylic acids is 2. The molecule has 116 valence electrons. The monoisotopic (exact) mass is 316 g/mol. The van der Waals surface area contributed by atoms with Crippen LogP contribution in [0.15, 0.2) is 54.6 Å². The van der Waals surface area contributed by atoms with Gasteiger partial charge in [0, 0.05) is 5.56 Å². The minimum Gasteiger partial charge on any atom is -0.475 e. The quantitative estimate of drug-likeness (QED) is 0.269. The lowest BCUT2D eigenvalue weighted by Gasteiger charge is -2.13. The first-order chi connectivity index (χ1) is 11.6. The lowest BCUT2D eigenvalue weighted by Crippen LogP contribution is -2.17. The van der Waals surface area contributed by atoms with Crippen LogP contribution in [0.25, 0.3) is 32.3 Å². The number of aliphatic carboxylic acids is 1. The Morgan fingerprint density at radius 3 is 2.00 bits per heavy atom. The molecule has 0 atom stereocenters. The first-order valence-electron chi connectivity index (χ1n) is 7.52. The number of ketones is 2. The van der Waals surface area contributed by atoms with E-state index in [4.69, 9.17) is 5.11 Å². The maximum atomic E-state index is 12.4. The zero-order valence-corrected chi connectivity index (χ0v) is 12.6. The average Bonchev–Trinajstić information content (AvgIpc) is 2.59. The molecule has 0 aliphatic carbocycles. The van der Waals surface area contributed by atoms with Crippen LogP contribution in [-0.4, -0.2) is 22.6 Å². The number of Topliss-reactive ketones (excluding diaryl/α,β-unsaturated/α-hetero) is 2. The number of hydrogen-bond donors (Lipinski definition) is 1. The SMILES string of the molecule is O=C(O)C(=O)CC(=O)c1ccc2ccc3cccc4ccc1c2c34. The van der Waals surface area contributed by atoms with E-state index in [2.05, 4.69) is 0 Å². The number of hydrogen-bond acceptors (Lipinski definition) is 3. The zero-order valence-electron chi connectivity index (χ0n) is 12.6. The van der Waals surface area contributed by atoms with E-state index in [-0.39, 0.29) is 0 Å². The summed E-state index contributed by atoms with van der Waals surface area (Å²) < 4.78 is 0. The van der Waals surface area contributed by atoms with Gasteiger partial charge in [0.25, 0.3) is 0 Å². The fourth-order valence-electron chi connectivity index (χ4n) is 3.30. The molecule has 0 radical (unpaired) electrons. The molecular formula is C20H12O4. The Bertz CT molecular complexity index is 1120. The van der Waals surface area contributed by atoms with Crippen LogP contribution < -0.4 is 0 Å². The molecule has 4 aromatic rings. The number of carboxylic acid groups (broad SMARTS) is 1. The Hall–Kier alpha value is -3.27. The van der Waals surface area contributed by atoms with E-state index in [0.29, 0.717) is 5.56 Å². The molecule has 0 aliphatic heterocycles. The van der Waals surface area contributed by atoms with Crippen LogP contribution in [0.1, 0.15) is 16.8 Å². The Kier molecular flexibility index (Phi) is 3.06. The third kappa shape index (κ3) is 2.04. The number of carboxylic acids is 1. The highest BCUT2D eigenvalue weighted by Crippen LogP contribution is 2.36. The van der Waals surface area contributed by atoms with E-state index < -0.39 is 24.0 Å². The predicted octanol–water partition coefficient (Wildman–Crippen LogP) is 3.81. The molecule has 4 aromatic carbocycles. The summed E-state index contributed by atoms with van der Waals surface area (Å²) >= 11 is 0. The van der Waals surface area contributed by atoms with Crippen molar-refractivity contribution < 1.29 is 19.5 Å². The topological polar surface area (TPSA) is 71.4 Å². The lowest BCUT2D eigenvalue weighted by atomic mass is 9.90. The van der Waals surface area contributed by atoms with Crippen molar-refractivity contribution in [3.8, 4) is 0 Å². The summed E-state index contributed by atoms with van der Waals surface area (Å²) in [6, 6.07) is 17.4. The molecule has 0 unspecified atom stereocenters. The Balaban J connectivity index is 1.99. The Labute approximate surface area is 136 Å². The molecule has 4 rings (SSSR count). The molecule has 0 fully saturated rings. The molecule has 0 heterocycles. The number of carbonyl (C=O) groups is 3. The standard InChI is InChI=1S/C20H12O4/c21-16(10-17(22)20(23)24)14-8-6-13-5-4-11-2-1-3-12-7-9-15(14)19(13)18(11)12/h1-9H,10H2,(H,23,24). The second kappa shape index (κ2) is 5.13. The van der Waals surface area contributed by atoms with Crippen LogP contribution >= 0.6 is 0 Å². The van der Waals surface area contributed by atoms with Crippen LogP contribution in [-0.2, 0) is 9.59 Å². The molecule has 0 spiro atoms. The van der Waals surface area contributed by atoms with Gasteiger partial charge in [-0.2, -0.15) is 0 Å². The van der Waals surface area contributed by atoms with Crippen LogP contribution in [0.2, 0.25) is 0 Å². The van der Waals surface area contributed by atoms with Crippen LogP contribution in [0.4, 0.5) is 0 Å². The molecule has 4 heteroatoms. The molecule has 24 heavy (non-hydrogen) atoms. The summed E-state index contributed by atoms with van der Waals surface area (Å²) in [4.78, 5) is 34.5. The van der Waals surface area contributed by atoms with Crippen molar-refractivity contribution >= 4 is 49.9 Å². The van der Waals surface area contributed by atoms with Crippen molar-refractivity contribution in [2.45, 2.75) is 6.42 Å². The predicted molar refractivity (Wildman–Crippen MR) is 91.7 cm³/mol. The minimum atomic E-state index is -1.58. The van der Waals surface area contributed by atoms with E-state index in [9.17, 15) is 14.4 Å². The van der Waals surface area contributed by atoms with Crippen molar-refractivity contribution in [1.29, 1.82) is 0 Å². The summed E-state index contributed by atoms with van der Waals surface area (Å²) in [5.41, 5.74) is 0.385. The molecular weight excluding hydrogens is 304 g/mol. The van der Waals surface area contributed by atoms with E-state index in [1.54, 1.807) is 6.07 Å². The molecule has 0 saturated carbocycles. The Morgan fingerprint density at radius 1 is 0.750 bits per heavy atom. The summed E-state index contributed by atoms with van der Waals surface area (Å²) in [6.07, 6.45) is -0.626. The van der Waals surface area contributed by atoms with Crippen molar-refractivity contribution in [3.63, 3.8) is 0 Å². The highest BCUT2D eigenvalue weighted by Gasteiger charge is 2.20.